The highest BCUT2D eigenvalue weighted by molar-refractivity contribution is 4.79. The number of likely N-dealkylation sites (tertiary alicyclic amines) is 2. The van der Waals surface area contributed by atoms with Gasteiger partial charge in [0.05, 0.1) is 0 Å². The van der Waals surface area contributed by atoms with Crippen LogP contribution >= 0.6 is 0 Å². The minimum atomic E-state index is 0.770. The van der Waals surface area contributed by atoms with Crippen molar-refractivity contribution in [1.29, 1.82) is 0 Å². The molecular formula is C18H37N3. The first-order valence-electron chi connectivity index (χ1n) is 9.28. The van der Waals surface area contributed by atoms with E-state index in [0.29, 0.717) is 0 Å². The van der Waals surface area contributed by atoms with Crippen molar-refractivity contribution in [1.82, 2.24) is 15.1 Å². The first kappa shape index (κ1) is 17.2. The SMILES string of the molecule is CC(C)CNCC1CCCN(CCC2CCCCN2C)C1. The van der Waals surface area contributed by atoms with Crippen LogP contribution in [-0.2, 0) is 0 Å². The van der Waals surface area contributed by atoms with Gasteiger partial charge in [0, 0.05) is 12.6 Å². The molecule has 0 aliphatic carbocycles. The highest BCUT2D eigenvalue weighted by Gasteiger charge is 2.23. The molecular weight excluding hydrogens is 258 g/mol. The van der Waals surface area contributed by atoms with Gasteiger partial charge in [0.1, 0.15) is 0 Å². The van der Waals surface area contributed by atoms with E-state index in [4.69, 9.17) is 0 Å². The van der Waals surface area contributed by atoms with Gasteiger partial charge in [0.2, 0.25) is 0 Å². The molecule has 3 nitrogen and oxygen atoms in total. The molecule has 2 unspecified atom stereocenters. The Morgan fingerprint density at radius 2 is 1.95 bits per heavy atom. The Morgan fingerprint density at radius 1 is 1.10 bits per heavy atom. The lowest BCUT2D eigenvalue weighted by Crippen LogP contribution is -2.43. The van der Waals surface area contributed by atoms with Crippen molar-refractivity contribution in [3.8, 4) is 0 Å². The van der Waals surface area contributed by atoms with Crippen LogP contribution in [0.5, 0.6) is 0 Å². The molecule has 0 saturated carbocycles. The number of piperidine rings is 2. The molecule has 0 amide bonds. The number of hydrogen-bond acceptors (Lipinski definition) is 3. The normalized spacial score (nSPS) is 29.1. The van der Waals surface area contributed by atoms with E-state index in [2.05, 4.69) is 36.0 Å². The number of nitrogens with zero attached hydrogens (tertiary/aromatic N) is 2. The van der Waals surface area contributed by atoms with Gasteiger partial charge in [-0.1, -0.05) is 20.3 Å². The third-order valence-electron chi connectivity index (χ3n) is 5.29. The minimum Gasteiger partial charge on any atom is -0.316 e. The van der Waals surface area contributed by atoms with Crippen LogP contribution in [0, 0.1) is 11.8 Å². The minimum absolute atomic E-state index is 0.770. The molecule has 0 aromatic rings. The second-order valence-corrected chi connectivity index (χ2v) is 7.78. The summed E-state index contributed by atoms with van der Waals surface area (Å²) < 4.78 is 0. The molecule has 3 heteroatoms. The Kier molecular flexibility index (Phi) is 7.48. The van der Waals surface area contributed by atoms with Crippen LogP contribution in [0.2, 0.25) is 0 Å². The maximum atomic E-state index is 3.65. The Hall–Kier alpha value is -0.120. The van der Waals surface area contributed by atoms with Crippen molar-refractivity contribution in [3.63, 3.8) is 0 Å². The van der Waals surface area contributed by atoms with Crippen LogP contribution < -0.4 is 5.32 Å². The van der Waals surface area contributed by atoms with E-state index in [1.54, 1.807) is 0 Å². The average molecular weight is 296 g/mol. The largest absolute Gasteiger partial charge is 0.316 e. The monoisotopic (exact) mass is 295 g/mol. The molecule has 2 saturated heterocycles. The van der Waals surface area contributed by atoms with Gasteiger partial charge in [-0.15, -0.1) is 0 Å². The highest BCUT2D eigenvalue weighted by atomic mass is 15.2. The van der Waals surface area contributed by atoms with Crippen molar-refractivity contribution in [2.45, 2.75) is 58.4 Å². The first-order chi connectivity index (χ1) is 10.1. The number of rotatable bonds is 7. The van der Waals surface area contributed by atoms with E-state index < -0.39 is 0 Å². The van der Waals surface area contributed by atoms with Gasteiger partial charge in [-0.05, 0) is 83.7 Å². The Labute approximate surface area is 132 Å². The molecule has 0 radical (unpaired) electrons. The van der Waals surface area contributed by atoms with Crippen LogP contribution in [0.25, 0.3) is 0 Å². The molecule has 1 N–H and O–H groups in total. The summed E-state index contributed by atoms with van der Waals surface area (Å²) in [4.78, 5) is 5.32. The quantitative estimate of drug-likeness (QED) is 0.779. The van der Waals surface area contributed by atoms with Crippen molar-refractivity contribution in [2.24, 2.45) is 11.8 Å². The molecule has 2 heterocycles. The fourth-order valence-electron chi connectivity index (χ4n) is 3.94. The third kappa shape index (κ3) is 6.25. The molecule has 2 rings (SSSR count). The van der Waals surface area contributed by atoms with Crippen molar-refractivity contribution in [2.75, 3.05) is 46.3 Å². The topological polar surface area (TPSA) is 18.5 Å². The number of hydrogen-bond donors (Lipinski definition) is 1. The smallest absolute Gasteiger partial charge is 0.0104 e. The third-order valence-corrected chi connectivity index (χ3v) is 5.29. The van der Waals surface area contributed by atoms with Crippen molar-refractivity contribution < 1.29 is 0 Å². The molecule has 2 aliphatic rings. The molecule has 0 aromatic carbocycles. The lowest BCUT2D eigenvalue weighted by atomic mass is 9.96. The summed E-state index contributed by atoms with van der Waals surface area (Å²) in [5.41, 5.74) is 0. The van der Waals surface area contributed by atoms with Crippen molar-refractivity contribution in [3.05, 3.63) is 0 Å². The van der Waals surface area contributed by atoms with Gasteiger partial charge in [-0.25, -0.2) is 0 Å². The average Bonchev–Trinajstić information content (AvgIpc) is 2.46. The predicted octanol–water partition coefficient (Wildman–Crippen LogP) is 2.82. The van der Waals surface area contributed by atoms with Gasteiger partial charge in [-0.2, -0.15) is 0 Å². The van der Waals surface area contributed by atoms with Gasteiger partial charge in [-0.3, -0.25) is 0 Å². The summed E-state index contributed by atoms with van der Waals surface area (Å²) in [7, 11) is 2.32. The fourth-order valence-corrected chi connectivity index (χ4v) is 3.94. The molecule has 2 aliphatic heterocycles. The predicted molar refractivity (Wildman–Crippen MR) is 91.8 cm³/mol. The number of nitrogens with one attached hydrogen (secondary N) is 1. The van der Waals surface area contributed by atoms with Crippen LogP contribution in [0.4, 0.5) is 0 Å². The summed E-state index contributed by atoms with van der Waals surface area (Å²) in [6.45, 7) is 12.3. The van der Waals surface area contributed by atoms with Crippen molar-refractivity contribution >= 4 is 0 Å². The van der Waals surface area contributed by atoms with E-state index in [9.17, 15) is 0 Å². The van der Waals surface area contributed by atoms with Crippen LogP contribution in [0.3, 0.4) is 0 Å². The van der Waals surface area contributed by atoms with E-state index in [1.165, 1.54) is 77.8 Å². The maximum Gasteiger partial charge on any atom is 0.0104 e. The first-order valence-corrected chi connectivity index (χ1v) is 9.28. The molecule has 0 spiro atoms. The molecule has 0 bridgehead atoms. The standard InChI is InChI=1S/C18H37N3/c1-16(2)13-19-14-17-7-6-11-21(15-17)12-9-18-8-4-5-10-20(18)3/h16-19H,4-15H2,1-3H3. The molecule has 2 fully saturated rings. The summed E-state index contributed by atoms with van der Waals surface area (Å²) >= 11 is 0. The van der Waals surface area contributed by atoms with Gasteiger partial charge in [0.15, 0.2) is 0 Å². The Morgan fingerprint density at radius 3 is 2.71 bits per heavy atom. The van der Waals surface area contributed by atoms with E-state index in [-0.39, 0.29) is 0 Å². The van der Waals surface area contributed by atoms with E-state index in [1.807, 2.05) is 0 Å². The lowest BCUT2D eigenvalue weighted by Gasteiger charge is -2.37. The zero-order chi connectivity index (χ0) is 15.1. The van der Waals surface area contributed by atoms with Crippen LogP contribution in [0.15, 0.2) is 0 Å². The molecule has 2 atom stereocenters. The Balaban J connectivity index is 1.64. The van der Waals surface area contributed by atoms with Gasteiger partial charge < -0.3 is 15.1 Å². The fraction of sp³-hybridized carbons (Fsp3) is 1.00. The molecule has 124 valence electrons. The Bertz CT molecular complexity index is 280. The zero-order valence-corrected chi connectivity index (χ0v) is 14.6. The van der Waals surface area contributed by atoms with E-state index >= 15 is 0 Å². The molecule has 0 aromatic heterocycles. The summed E-state index contributed by atoms with van der Waals surface area (Å²) in [5.74, 6) is 1.65. The lowest BCUT2D eigenvalue weighted by molar-refractivity contribution is 0.128. The maximum absolute atomic E-state index is 3.65. The van der Waals surface area contributed by atoms with Crippen LogP contribution in [-0.4, -0.2) is 62.2 Å². The summed E-state index contributed by atoms with van der Waals surface area (Å²) in [6, 6.07) is 0.846. The summed E-state index contributed by atoms with van der Waals surface area (Å²) in [5, 5.41) is 3.65. The van der Waals surface area contributed by atoms with Gasteiger partial charge >= 0.3 is 0 Å². The van der Waals surface area contributed by atoms with E-state index in [0.717, 1.165) is 17.9 Å². The van der Waals surface area contributed by atoms with Gasteiger partial charge in [0.25, 0.3) is 0 Å². The highest BCUT2D eigenvalue weighted by Crippen LogP contribution is 2.20. The second-order valence-electron chi connectivity index (χ2n) is 7.78. The zero-order valence-electron chi connectivity index (χ0n) is 14.6. The van der Waals surface area contributed by atoms with Crippen LogP contribution in [0.1, 0.15) is 52.4 Å². The summed E-state index contributed by atoms with van der Waals surface area (Å²) in [6.07, 6.45) is 8.46. The second kappa shape index (κ2) is 9.12. The molecule has 21 heavy (non-hydrogen) atoms.